The van der Waals surface area contributed by atoms with Crippen molar-refractivity contribution in [1.29, 1.82) is 0 Å². The van der Waals surface area contributed by atoms with Crippen LogP contribution in [0.25, 0.3) is 0 Å². The fourth-order valence-corrected chi connectivity index (χ4v) is 2.86. The summed E-state index contributed by atoms with van der Waals surface area (Å²) >= 11 is 5.78. The second-order valence-electron chi connectivity index (χ2n) is 6.12. The number of rotatable bonds is 3. The zero-order valence-electron chi connectivity index (χ0n) is 13.2. The van der Waals surface area contributed by atoms with Crippen LogP contribution in [0, 0.1) is 12.3 Å². The molecule has 7 heteroatoms. The predicted octanol–water partition coefficient (Wildman–Crippen LogP) is 1.74. The standard InChI is InChI=1S/C17H17ClO6/c1-4-17(20)12(22-15-13(17)23-16(2,3)24-15)9-21-14(19)10-5-7-11(18)8-6-10/h1,5-8,12-13,15,20H,9H2,2-3H3/t12-,13+,15-,17-/m1/s1. The first-order valence-electron chi connectivity index (χ1n) is 7.39. The fraction of sp³-hybridized carbons (Fsp3) is 0.471. The molecule has 2 saturated heterocycles. The molecule has 128 valence electrons. The summed E-state index contributed by atoms with van der Waals surface area (Å²) < 4.78 is 22.0. The lowest BCUT2D eigenvalue weighted by molar-refractivity contribution is -0.225. The van der Waals surface area contributed by atoms with Crippen LogP contribution in [0.3, 0.4) is 0 Å². The molecule has 0 aromatic heterocycles. The average Bonchev–Trinajstić information content (AvgIpc) is 2.97. The number of halogens is 1. The maximum absolute atomic E-state index is 12.0. The molecule has 0 radical (unpaired) electrons. The molecule has 0 amide bonds. The molecular weight excluding hydrogens is 336 g/mol. The van der Waals surface area contributed by atoms with Gasteiger partial charge in [-0.3, -0.25) is 0 Å². The van der Waals surface area contributed by atoms with E-state index in [-0.39, 0.29) is 6.61 Å². The van der Waals surface area contributed by atoms with Crippen LogP contribution in [0.15, 0.2) is 24.3 Å². The van der Waals surface area contributed by atoms with Gasteiger partial charge in [0.05, 0.1) is 5.56 Å². The van der Waals surface area contributed by atoms with Gasteiger partial charge in [-0.2, -0.15) is 0 Å². The summed E-state index contributed by atoms with van der Waals surface area (Å²) in [5.74, 6) is 0.801. The van der Waals surface area contributed by atoms with Gasteiger partial charge < -0.3 is 24.1 Å². The summed E-state index contributed by atoms with van der Waals surface area (Å²) in [6, 6.07) is 6.24. The summed E-state index contributed by atoms with van der Waals surface area (Å²) in [5.41, 5.74) is -1.42. The number of esters is 1. The molecule has 1 aromatic rings. The maximum atomic E-state index is 12.0. The highest BCUT2D eigenvalue weighted by Gasteiger charge is 2.63. The molecule has 0 spiro atoms. The number of aliphatic hydroxyl groups is 1. The zero-order valence-corrected chi connectivity index (χ0v) is 13.9. The Hall–Kier alpha value is -1.62. The molecule has 2 heterocycles. The van der Waals surface area contributed by atoms with Crippen molar-refractivity contribution < 1.29 is 28.8 Å². The third-order valence-corrected chi connectivity index (χ3v) is 4.21. The topological polar surface area (TPSA) is 74.2 Å². The van der Waals surface area contributed by atoms with Gasteiger partial charge in [-0.05, 0) is 38.1 Å². The van der Waals surface area contributed by atoms with E-state index in [0.717, 1.165) is 0 Å². The van der Waals surface area contributed by atoms with E-state index in [0.29, 0.717) is 10.6 Å². The van der Waals surface area contributed by atoms with E-state index >= 15 is 0 Å². The number of carbonyl (C=O) groups is 1. The molecule has 1 aromatic carbocycles. The first-order chi connectivity index (χ1) is 11.2. The van der Waals surface area contributed by atoms with Gasteiger partial charge in [0.15, 0.2) is 23.8 Å². The highest BCUT2D eigenvalue weighted by atomic mass is 35.5. The molecule has 2 fully saturated rings. The smallest absolute Gasteiger partial charge is 0.338 e. The van der Waals surface area contributed by atoms with E-state index in [9.17, 15) is 9.90 Å². The summed E-state index contributed by atoms with van der Waals surface area (Å²) in [6.45, 7) is 3.16. The van der Waals surface area contributed by atoms with Crippen molar-refractivity contribution in [2.75, 3.05) is 6.61 Å². The minimum atomic E-state index is -1.75. The van der Waals surface area contributed by atoms with Gasteiger partial charge in [-0.25, -0.2) is 4.79 Å². The van der Waals surface area contributed by atoms with Crippen LogP contribution in [0.4, 0.5) is 0 Å². The van der Waals surface area contributed by atoms with Crippen molar-refractivity contribution in [3.63, 3.8) is 0 Å². The van der Waals surface area contributed by atoms with Gasteiger partial charge in [0.1, 0.15) is 12.7 Å². The Morgan fingerprint density at radius 2 is 2.04 bits per heavy atom. The van der Waals surface area contributed by atoms with Crippen LogP contribution in [0.2, 0.25) is 5.02 Å². The Labute approximate surface area is 144 Å². The first kappa shape index (κ1) is 17.2. The molecule has 0 bridgehead atoms. The van der Waals surface area contributed by atoms with E-state index in [4.69, 9.17) is 37.0 Å². The number of hydrogen-bond donors (Lipinski definition) is 1. The molecule has 2 aliphatic rings. The molecule has 3 rings (SSSR count). The highest BCUT2D eigenvalue weighted by molar-refractivity contribution is 6.30. The quantitative estimate of drug-likeness (QED) is 0.659. The molecule has 0 unspecified atom stereocenters. The molecule has 0 saturated carbocycles. The fourth-order valence-electron chi connectivity index (χ4n) is 2.74. The largest absolute Gasteiger partial charge is 0.459 e. The summed E-state index contributed by atoms with van der Waals surface area (Å²) in [5, 5.41) is 11.2. The Balaban J connectivity index is 1.67. The summed E-state index contributed by atoms with van der Waals surface area (Å²) in [4.78, 5) is 12.0. The molecule has 0 aliphatic carbocycles. The minimum Gasteiger partial charge on any atom is -0.459 e. The summed E-state index contributed by atoms with van der Waals surface area (Å²) in [7, 11) is 0. The average molecular weight is 353 g/mol. The Morgan fingerprint density at radius 3 is 2.67 bits per heavy atom. The Kier molecular flexibility index (Phi) is 4.32. The highest BCUT2D eigenvalue weighted by Crippen LogP contribution is 2.42. The van der Waals surface area contributed by atoms with Gasteiger partial charge in [0, 0.05) is 5.02 Å². The van der Waals surface area contributed by atoms with Crippen molar-refractivity contribution in [2.45, 2.75) is 43.7 Å². The van der Waals surface area contributed by atoms with Crippen LogP contribution in [0.5, 0.6) is 0 Å². The van der Waals surface area contributed by atoms with Gasteiger partial charge in [0.25, 0.3) is 0 Å². The SMILES string of the molecule is C#C[C@@]1(O)[C@@H](COC(=O)c2ccc(Cl)cc2)O[C@@H]2OC(C)(C)O[C@@H]21. The van der Waals surface area contributed by atoms with E-state index in [1.807, 2.05) is 0 Å². The van der Waals surface area contributed by atoms with Crippen LogP contribution < -0.4 is 0 Å². The van der Waals surface area contributed by atoms with E-state index in [1.165, 1.54) is 12.1 Å². The molecule has 4 atom stereocenters. The van der Waals surface area contributed by atoms with E-state index in [1.54, 1.807) is 26.0 Å². The van der Waals surface area contributed by atoms with Gasteiger partial charge in [-0.1, -0.05) is 17.5 Å². The van der Waals surface area contributed by atoms with Crippen molar-refractivity contribution in [1.82, 2.24) is 0 Å². The van der Waals surface area contributed by atoms with E-state index in [2.05, 4.69) is 5.92 Å². The lowest BCUT2D eigenvalue weighted by Crippen LogP contribution is -2.49. The van der Waals surface area contributed by atoms with Gasteiger partial charge in [0.2, 0.25) is 0 Å². The minimum absolute atomic E-state index is 0.234. The summed E-state index contributed by atoms with van der Waals surface area (Å²) in [6.07, 6.45) is 2.84. The molecule has 2 aliphatic heterocycles. The second kappa shape index (κ2) is 6.03. The number of terminal acetylenes is 1. The third kappa shape index (κ3) is 3.02. The van der Waals surface area contributed by atoms with Gasteiger partial charge in [-0.15, -0.1) is 6.42 Å². The molecule has 1 N–H and O–H groups in total. The number of hydrogen-bond acceptors (Lipinski definition) is 6. The van der Waals surface area contributed by atoms with Crippen LogP contribution in [0.1, 0.15) is 24.2 Å². The van der Waals surface area contributed by atoms with Crippen molar-refractivity contribution >= 4 is 17.6 Å². The Bertz CT molecular complexity index is 679. The monoisotopic (exact) mass is 352 g/mol. The zero-order chi connectivity index (χ0) is 17.5. The van der Waals surface area contributed by atoms with E-state index < -0.39 is 35.9 Å². The number of fused-ring (bicyclic) bond motifs is 1. The normalized spacial score (nSPS) is 33.7. The van der Waals surface area contributed by atoms with Crippen molar-refractivity contribution in [3.8, 4) is 12.3 Å². The molecule has 6 nitrogen and oxygen atoms in total. The van der Waals surface area contributed by atoms with Crippen LogP contribution >= 0.6 is 11.6 Å². The Morgan fingerprint density at radius 1 is 1.38 bits per heavy atom. The first-order valence-corrected chi connectivity index (χ1v) is 7.77. The maximum Gasteiger partial charge on any atom is 0.338 e. The van der Waals surface area contributed by atoms with Crippen LogP contribution in [-0.4, -0.2) is 47.6 Å². The number of benzene rings is 1. The second-order valence-corrected chi connectivity index (χ2v) is 6.56. The molecule has 24 heavy (non-hydrogen) atoms. The number of carbonyl (C=O) groups excluding carboxylic acids is 1. The van der Waals surface area contributed by atoms with Crippen molar-refractivity contribution in [2.24, 2.45) is 0 Å². The predicted molar refractivity (Wildman–Crippen MR) is 84.2 cm³/mol. The van der Waals surface area contributed by atoms with Gasteiger partial charge >= 0.3 is 5.97 Å². The lowest BCUT2D eigenvalue weighted by Gasteiger charge is -2.29. The number of ether oxygens (including phenoxy) is 4. The lowest BCUT2D eigenvalue weighted by atomic mass is 9.94. The van der Waals surface area contributed by atoms with Crippen molar-refractivity contribution in [3.05, 3.63) is 34.9 Å². The third-order valence-electron chi connectivity index (χ3n) is 3.96. The van der Waals surface area contributed by atoms with Crippen LogP contribution in [-0.2, 0) is 18.9 Å². The molecular formula is C17H17ClO6.